The monoisotopic (exact) mass is 430 g/mol. The minimum absolute atomic E-state index is 0. The molecule has 0 aliphatic rings. The standard InChI is InChI=1S/C4H10O.5ClH.Ta/c1-2-3-4-5;;;;;;/h5H,2-4H2,1H3;5*1H;/q;;;;;;+5/p-5. The summed E-state index contributed by atoms with van der Waals surface area (Å²) in [6.07, 6.45) is 2.04. The van der Waals surface area contributed by atoms with E-state index >= 15 is 0 Å². The molecule has 1 nitrogen and oxygen atoms in total. The van der Waals surface area contributed by atoms with Crippen molar-refractivity contribution >= 4 is 0 Å². The van der Waals surface area contributed by atoms with Crippen molar-refractivity contribution in [3.05, 3.63) is 0 Å². The summed E-state index contributed by atoms with van der Waals surface area (Å²) in [6, 6.07) is 0. The molecular weight excluding hydrogens is 422 g/mol. The molecular formula is C4H10Cl5OTa. The summed E-state index contributed by atoms with van der Waals surface area (Å²) in [5, 5.41) is 8.07. The van der Waals surface area contributed by atoms with Crippen LogP contribution in [0, 0.1) is 0 Å². The third kappa shape index (κ3) is 72.7. The maximum Gasteiger partial charge on any atom is 5.00 e. The molecule has 0 fully saturated rings. The molecule has 0 rings (SSSR count). The van der Waals surface area contributed by atoms with Crippen LogP contribution >= 0.6 is 0 Å². The van der Waals surface area contributed by atoms with Crippen LogP contribution in [-0.4, -0.2) is 11.7 Å². The Morgan fingerprint density at radius 2 is 1.18 bits per heavy atom. The second kappa shape index (κ2) is 57.0. The molecule has 0 radical (unpaired) electrons. The number of aliphatic hydroxyl groups excluding tert-OH is 1. The third-order valence-corrected chi connectivity index (χ3v) is 0.512. The molecule has 0 atom stereocenters. The van der Waals surface area contributed by atoms with E-state index in [4.69, 9.17) is 5.11 Å². The summed E-state index contributed by atoms with van der Waals surface area (Å²) in [4.78, 5) is 0. The number of hydrogen-bond donors (Lipinski definition) is 1. The van der Waals surface area contributed by atoms with E-state index in [1.54, 1.807) is 0 Å². The van der Waals surface area contributed by atoms with Crippen molar-refractivity contribution in [2.45, 2.75) is 19.8 Å². The maximum atomic E-state index is 8.07. The average Bonchev–Trinajstić information content (AvgIpc) is 1.41. The predicted molar refractivity (Wildman–Crippen MR) is 22.0 cm³/mol. The molecule has 0 unspecified atom stereocenters. The Bertz CT molecular complexity index is 26.0. The number of hydrogen-bond acceptors (Lipinski definition) is 1. The fraction of sp³-hybridized carbons (Fsp3) is 1.00. The molecule has 1 N–H and O–H groups in total. The van der Waals surface area contributed by atoms with Gasteiger partial charge < -0.3 is 67.1 Å². The second-order valence-electron chi connectivity index (χ2n) is 1.08. The van der Waals surface area contributed by atoms with E-state index in [0.717, 1.165) is 12.8 Å². The van der Waals surface area contributed by atoms with Gasteiger partial charge in [0.2, 0.25) is 0 Å². The van der Waals surface area contributed by atoms with E-state index in [0.29, 0.717) is 6.61 Å². The predicted octanol–water partition coefficient (Wildman–Crippen LogP) is -14.2. The van der Waals surface area contributed by atoms with E-state index in [9.17, 15) is 0 Å². The Morgan fingerprint density at radius 1 is 0.909 bits per heavy atom. The minimum Gasteiger partial charge on any atom is -1.00 e. The molecule has 72 valence electrons. The molecule has 0 aliphatic heterocycles. The quantitative estimate of drug-likeness (QED) is 0.460. The summed E-state index contributed by atoms with van der Waals surface area (Å²) >= 11 is 0. The number of halogens is 5. The SMILES string of the molecule is CCCCO.[Cl-].[Cl-].[Cl-].[Cl-].[Cl-].[Ta+5]. The third-order valence-electron chi connectivity index (χ3n) is 0.512. The van der Waals surface area contributed by atoms with Crippen LogP contribution in [0.4, 0.5) is 0 Å². The molecule has 0 aromatic rings. The van der Waals surface area contributed by atoms with Gasteiger partial charge >= 0.3 is 22.4 Å². The molecule has 11 heavy (non-hydrogen) atoms. The fourth-order valence-corrected chi connectivity index (χ4v) is 0.158. The van der Waals surface area contributed by atoms with E-state index in [1.807, 2.05) is 0 Å². The fourth-order valence-electron chi connectivity index (χ4n) is 0.158. The zero-order valence-corrected chi connectivity index (χ0v) is 12.9. The topological polar surface area (TPSA) is 20.2 Å². The molecule has 0 amide bonds. The normalized spacial score (nSPS) is 3.82. The van der Waals surface area contributed by atoms with E-state index in [1.165, 1.54) is 0 Å². The second-order valence-corrected chi connectivity index (χ2v) is 1.08. The van der Waals surface area contributed by atoms with Crippen molar-refractivity contribution in [1.82, 2.24) is 0 Å². The van der Waals surface area contributed by atoms with Gasteiger partial charge in [-0.3, -0.25) is 0 Å². The average molecular weight is 432 g/mol. The first-order valence-corrected chi connectivity index (χ1v) is 2.02. The summed E-state index contributed by atoms with van der Waals surface area (Å²) in [5.74, 6) is 0. The van der Waals surface area contributed by atoms with Gasteiger partial charge in [0.05, 0.1) is 0 Å². The zero-order valence-electron chi connectivity index (χ0n) is 5.91. The molecule has 7 heteroatoms. The van der Waals surface area contributed by atoms with Crippen molar-refractivity contribution in [2.75, 3.05) is 6.61 Å². The minimum atomic E-state index is 0. The molecule has 0 spiro atoms. The van der Waals surface area contributed by atoms with E-state index in [-0.39, 0.29) is 84.4 Å². The van der Waals surface area contributed by atoms with Crippen molar-refractivity contribution in [3.63, 3.8) is 0 Å². The molecule has 0 aromatic heterocycles. The van der Waals surface area contributed by atoms with Gasteiger partial charge in [0.1, 0.15) is 0 Å². The first-order valence-electron chi connectivity index (χ1n) is 2.02. The van der Waals surface area contributed by atoms with Crippen molar-refractivity contribution in [2.24, 2.45) is 0 Å². The Kier molecular flexibility index (Phi) is 266. The van der Waals surface area contributed by atoms with Crippen LogP contribution in [0.1, 0.15) is 19.8 Å². The van der Waals surface area contributed by atoms with Crippen LogP contribution in [0.15, 0.2) is 0 Å². The Balaban J connectivity index is -0.00000000533. The largest absolute Gasteiger partial charge is 5.00 e. The van der Waals surface area contributed by atoms with E-state index in [2.05, 4.69) is 6.92 Å². The maximum absolute atomic E-state index is 8.07. The summed E-state index contributed by atoms with van der Waals surface area (Å²) in [7, 11) is 0. The molecule has 0 saturated heterocycles. The van der Waals surface area contributed by atoms with Crippen LogP contribution in [0.3, 0.4) is 0 Å². The Morgan fingerprint density at radius 3 is 1.18 bits per heavy atom. The van der Waals surface area contributed by atoms with Gasteiger partial charge in [0.25, 0.3) is 0 Å². The Hall–Kier alpha value is 2.15. The molecule has 0 bridgehead atoms. The summed E-state index contributed by atoms with van der Waals surface area (Å²) in [6.45, 7) is 2.40. The van der Waals surface area contributed by atoms with Gasteiger partial charge in [-0.05, 0) is 6.42 Å². The smallest absolute Gasteiger partial charge is 1.00 e. The van der Waals surface area contributed by atoms with Gasteiger partial charge in [-0.15, -0.1) is 0 Å². The first kappa shape index (κ1) is 51.3. The first-order chi connectivity index (χ1) is 2.41. The van der Waals surface area contributed by atoms with Gasteiger partial charge in [-0.1, -0.05) is 13.3 Å². The molecule has 0 aliphatic carbocycles. The van der Waals surface area contributed by atoms with Gasteiger partial charge in [-0.25, -0.2) is 0 Å². The van der Waals surface area contributed by atoms with Gasteiger partial charge in [0, 0.05) is 6.61 Å². The van der Waals surface area contributed by atoms with Gasteiger partial charge in [0.15, 0.2) is 0 Å². The molecule has 0 aromatic carbocycles. The van der Waals surface area contributed by atoms with Crippen LogP contribution in [0.5, 0.6) is 0 Å². The summed E-state index contributed by atoms with van der Waals surface area (Å²) < 4.78 is 0. The zero-order chi connectivity index (χ0) is 4.12. The molecule has 0 heterocycles. The van der Waals surface area contributed by atoms with Crippen molar-refractivity contribution < 1.29 is 89.5 Å². The van der Waals surface area contributed by atoms with Crippen LogP contribution in [-0.2, 0) is 22.4 Å². The van der Waals surface area contributed by atoms with Crippen LogP contribution < -0.4 is 62.0 Å². The van der Waals surface area contributed by atoms with Crippen molar-refractivity contribution in [3.8, 4) is 0 Å². The van der Waals surface area contributed by atoms with E-state index < -0.39 is 0 Å². The number of rotatable bonds is 2. The van der Waals surface area contributed by atoms with Crippen LogP contribution in [0.25, 0.3) is 0 Å². The Labute approximate surface area is 115 Å². The summed E-state index contributed by atoms with van der Waals surface area (Å²) in [5.41, 5.74) is 0. The number of unbranched alkanes of at least 4 members (excludes halogenated alkanes) is 1. The van der Waals surface area contributed by atoms with Crippen LogP contribution in [0.2, 0.25) is 0 Å². The van der Waals surface area contributed by atoms with Gasteiger partial charge in [-0.2, -0.15) is 0 Å². The molecule has 0 saturated carbocycles. The van der Waals surface area contributed by atoms with Crippen molar-refractivity contribution in [1.29, 1.82) is 0 Å². The number of aliphatic hydroxyl groups is 1.